The SMILES string of the molecule is Cc1nn(C2CCS(=O)(=O)C2)c2nc(C3CC3)cc(C(=O)OCc3ccc(Cl)cc3)c12. The molecule has 9 heteroatoms. The Morgan fingerprint density at radius 3 is 2.61 bits per heavy atom. The van der Waals surface area contributed by atoms with Gasteiger partial charge in [-0.05, 0) is 49.9 Å². The maximum atomic E-state index is 13.1. The second-order valence-corrected chi connectivity index (χ2v) is 11.0. The molecule has 2 aliphatic rings. The Balaban J connectivity index is 1.52. The van der Waals surface area contributed by atoms with Crippen molar-refractivity contribution < 1.29 is 17.9 Å². The lowest BCUT2D eigenvalue weighted by Crippen LogP contribution is -2.14. The van der Waals surface area contributed by atoms with Crippen LogP contribution in [0.5, 0.6) is 0 Å². The molecule has 0 spiro atoms. The summed E-state index contributed by atoms with van der Waals surface area (Å²) >= 11 is 5.92. The zero-order chi connectivity index (χ0) is 21.8. The van der Waals surface area contributed by atoms with Gasteiger partial charge in [0.1, 0.15) is 6.61 Å². The Labute approximate surface area is 185 Å². The fourth-order valence-corrected chi connectivity index (χ4v) is 5.93. The first kappa shape index (κ1) is 20.5. The maximum Gasteiger partial charge on any atom is 0.339 e. The molecule has 3 heterocycles. The first-order valence-electron chi connectivity index (χ1n) is 10.3. The third-order valence-corrected chi connectivity index (χ3v) is 7.91. The summed E-state index contributed by atoms with van der Waals surface area (Å²) in [6, 6.07) is 8.69. The summed E-state index contributed by atoms with van der Waals surface area (Å²) in [7, 11) is -3.08. The summed E-state index contributed by atoms with van der Waals surface area (Å²) in [5.74, 6) is 0.0831. The monoisotopic (exact) mass is 459 g/mol. The van der Waals surface area contributed by atoms with Crippen LogP contribution in [0.1, 0.15) is 58.5 Å². The average Bonchev–Trinajstić information content (AvgIpc) is 3.46. The van der Waals surface area contributed by atoms with E-state index in [-0.39, 0.29) is 24.2 Å². The fourth-order valence-electron chi connectivity index (χ4n) is 4.11. The van der Waals surface area contributed by atoms with Crippen LogP contribution in [0.2, 0.25) is 5.02 Å². The highest BCUT2D eigenvalue weighted by Crippen LogP contribution is 2.41. The zero-order valence-electron chi connectivity index (χ0n) is 17.0. The molecule has 0 bridgehead atoms. The van der Waals surface area contributed by atoms with E-state index < -0.39 is 15.8 Å². The topological polar surface area (TPSA) is 91.1 Å². The van der Waals surface area contributed by atoms with E-state index in [2.05, 4.69) is 5.10 Å². The Morgan fingerprint density at radius 2 is 1.97 bits per heavy atom. The largest absolute Gasteiger partial charge is 0.457 e. The second kappa shape index (κ2) is 7.60. The molecule has 1 saturated carbocycles. The van der Waals surface area contributed by atoms with Crippen LogP contribution in [-0.4, -0.2) is 40.7 Å². The van der Waals surface area contributed by atoms with Crippen molar-refractivity contribution in [2.75, 3.05) is 11.5 Å². The molecule has 1 unspecified atom stereocenters. The van der Waals surface area contributed by atoms with Crippen LogP contribution in [0.15, 0.2) is 30.3 Å². The molecular formula is C22H22ClN3O4S. The van der Waals surface area contributed by atoms with E-state index in [1.165, 1.54) is 0 Å². The minimum absolute atomic E-state index is 0.0505. The number of rotatable bonds is 5. The number of esters is 1. The fraction of sp³-hybridized carbons (Fsp3) is 0.409. The molecular weight excluding hydrogens is 438 g/mol. The number of fused-ring (bicyclic) bond motifs is 1. The van der Waals surface area contributed by atoms with E-state index in [0.29, 0.717) is 39.7 Å². The number of carbonyl (C=O) groups is 1. The summed E-state index contributed by atoms with van der Waals surface area (Å²) in [4.78, 5) is 17.9. The van der Waals surface area contributed by atoms with E-state index in [1.807, 2.05) is 25.1 Å². The molecule has 0 radical (unpaired) electrons. The Bertz CT molecular complexity index is 1280. The highest BCUT2D eigenvalue weighted by atomic mass is 35.5. The highest BCUT2D eigenvalue weighted by Gasteiger charge is 2.34. The number of aryl methyl sites for hydroxylation is 1. The normalized spacial score (nSPS) is 20.3. The molecule has 1 aliphatic heterocycles. The van der Waals surface area contributed by atoms with E-state index in [1.54, 1.807) is 16.8 Å². The zero-order valence-corrected chi connectivity index (χ0v) is 18.6. The van der Waals surface area contributed by atoms with Gasteiger partial charge in [-0.2, -0.15) is 5.10 Å². The van der Waals surface area contributed by atoms with Crippen LogP contribution in [0, 0.1) is 6.92 Å². The van der Waals surface area contributed by atoms with Crippen molar-refractivity contribution >= 4 is 38.4 Å². The van der Waals surface area contributed by atoms with Crippen LogP contribution in [0.25, 0.3) is 11.0 Å². The van der Waals surface area contributed by atoms with Crippen molar-refractivity contribution in [2.24, 2.45) is 0 Å². The second-order valence-electron chi connectivity index (χ2n) is 8.36. The van der Waals surface area contributed by atoms with Crippen molar-refractivity contribution in [1.82, 2.24) is 14.8 Å². The molecule has 1 aliphatic carbocycles. The Kier molecular flexibility index (Phi) is 5.01. The van der Waals surface area contributed by atoms with Gasteiger partial charge in [-0.25, -0.2) is 22.9 Å². The number of nitrogens with zero attached hydrogens (tertiary/aromatic N) is 3. The molecule has 31 heavy (non-hydrogen) atoms. The molecule has 1 atom stereocenters. The molecule has 162 valence electrons. The first-order valence-corrected chi connectivity index (χ1v) is 12.5. The van der Waals surface area contributed by atoms with Gasteiger partial charge in [-0.3, -0.25) is 0 Å². The van der Waals surface area contributed by atoms with Crippen molar-refractivity contribution in [3.63, 3.8) is 0 Å². The molecule has 0 amide bonds. The summed E-state index contributed by atoms with van der Waals surface area (Å²) < 4.78 is 31.3. The average molecular weight is 460 g/mol. The van der Waals surface area contributed by atoms with Crippen LogP contribution in [0.4, 0.5) is 0 Å². The van der Waals surface area contributed by atoms with Crippen molar-refractivity contribution in [2.45, 2.75) is 44.8 Å². The molecule has 3 aromatic rings. The molecule has 1 saturated heterocycles. The number of hydrogen-bond donors (Lipinski definition) is 0. The van der Waals surface area contributed by atoms with Gasteiger partial charge in [0.25, 0.3) is 0 Å². The van der Waals surface area contributed by atoms with E-state index in [9.17, 15) is 13.2 Å². The summed E-state index contributed by atoms with van der Waals surface area (Å²) in [6.07, 6.45) is 2.57. The van der Waals surface area contributed by atoms with Gasteiger partial charge >= 0.3 is 5.97 Å². The van der Waals surface area contributed by atoms with Gasteiger partial charge < -0.3 is 4.74 Å². The number of ether oxygens (including phenoxy) is 1. The van der Waals surface area contributed by atoms with Gasteiger partial charge in [0.15, 0.2) is 15.5 Å². The number of aromatic nitrogens is 3. The van der Waals surface area contributed by atoms with Gasteiger partial charge in [0.05, 0.1) is 34.2 Å². The van der Waals surface area contributed by atoms with Crippen LogP contribution >= 0.6 is 11.6 Å². The number of sulfone groups is 1. The molecule has 1 aromatic carbocycles. The predicted octanol–water partition coefficient (Wildman–Crippen LogP) is 3.99. The lowest BCUT2D eigenvalue weighted by Gasteiger charge is -2.12. The smallest absolute Gasteiger partial charge is 0.339 e. The minimum atomic E-state index is -3.08. The van der Waals surface area contributed by atoms with Crippen LogP contribution in [-0.2, 0) is 21.2 Å². The van der Waals surface area contributed by atoms with E-state index >= 15 is 0 Å². The van der Waals surface area contributed by atoms with Crippen LogP contribution < -0.4 is 0 Å². The third kappa shape index (κ3) is 4.06. The van der Waals surface area contributed by atoms with Gasteiger partial charge in [0, 0.05) is 16.6 Å². The Hall–Kier alpha value is -2.45. The maximum absolute atomic E-state index is 13.1. The lowest BCUT2D eigenvalue weighted by molar-refractivity contribution is 0.0475. The standard InChI is InChI=1S/C22H22ClN3O4S/c1-13-20-18(22(27)30-11-14-2-6-16(23)7-3-14)10-19(15-4-5-15)24-21(20)26(25-13)17-8-9-31(28,29)12-17/h2-3,6-7,10,15,17H,4-5,8-9,11-12H2,1H3. The molecule has 7 nitrogen and oxygen atoms in total. The molecule has 2 aromatic heterocycles. The minimum Gasteiger partial charge on any atom is -0.457 e. The summed E-state index contributed by atoms with van der Waals surface area (Å²) in [5, 5.41) is 5.85. The van der Waals surface area contributed by atoms with Crippen molar-refractivity contribution in [3.8, 4) is 0 Å². The van der Waals surface area contributed by atoms with E-state index in [4.69, 9.17) is 21.3 Å². The van der Waals surface area contributed by atoms with Crippen molar-refractivity contribution in [3.05, 3.63) is 57.9 Å². The number of halogens is 1. The predicted molar refractivity (Wildman–Crippen MR) is 117 cm³/mol. The van der Waals surface area contributed by atoms with Gasteiger partial charge in [-0.1, -0.05) is 23.7 Å². The number of carbonyl (C=O) groups excluding carboxylic acids is 1. The van der Waals surface area contributed by atoms with Gasteiger partial charge in [0.2, 0.25) is 0 Å². The quantitative estimate of drug-likeness (QED) is 0.536. The number of hydrogen-bond acceptors (Lipinski definition) is 6. The number of benzene rings is 1. The van der Waals surface area contributed by atoms with Crippen LogP contribution in [0.3, 0.4) is 0 Å². The molecule has 5 rings (SSSR count). The Morgan fingerprint density at radius 1 is 1.23 bits per heavy atom. The number of pyridine rings is 1. The lowest BCUT2D eigenvalue weighted by atomic mass is 10.1. The molecule has 0 N–H and O–H groups in total. The summed E-state index contributed by atoms with van der Waals surface area (Å²) in [6.45, 7) is 1.95. The van der Waals surface area contributed by atoms with Crippen molar-refractivity contribution in [1.29, 1.82) is 0 Å². The first-order chi connectivity index (χ1) is 14.8. The third-order valence-electron chi connectivity index (χ3n) is 5.91. The molecule has 2 fully saturated rings. The summed E-state index contributed by atoms with van der Waals surface area (Å²) in [5.41, 5.74) is 3.34. The van der Waals surface area contributed by atoms with Gasteiger partial charge in [-0.15, -0.1) is 0 Å². The highest BCUT2D eigenvalue weighted by molar-refractivity contribution is 7.91. The van der Waals surface area contributed by atoms with E-state index in [0.717, 1.165) is 24.1 Å².